The fourth-order valence-electron chi connectivity index (χ4n) is 4.93. The second kappa shape index (κ2) is 10.9. The molecule has 3 rings (SSSR count). The van der Waals surface area contributed by atoms with Crippen molar-refractivity contribution in [3.63, 3.8) is 0 Å². The summed E-state index contributed by atoms with van der Waals surface area (Å²) in [6.45, 7) is 0. The highest BCUT2D eigenvalue weighted by Crippen LogP contribution is 2.37. The van der Waals surface area contributed by atoms with Gasteiger partial charge in [-0.25, -0.2) is 0 Å². The third-order valence-electron chi connectivity index (χ3n) is 6.76. The van der Waals surface area contributed by atoms with E-state index in [1.54, 1.807) is 6.08 Å². The van der Waals surface area contributed by atoms with Crippen molar-refractivity contribution in [2.24, 2.45) is 17.8 Å². The van der Waals surface area contributed by atoms with E-state index in [4.69, 9.17) is 10.5 Å². The van der Waals surface area contributed by atoms with Crippen LogP contribution in [-0.4, -0.2) is 0 Å². The number of nitriles is 2. The zero-order valence-corrected chi connectivity index (χ0v) is 16.9. The lowest BCUT2D eigenvalue weighted by atomic mass is 9.77. The van der Waals surface area contributed by atoms with E-state index in [1.165, 1.54) is 63.4 Å². The van der Waals surface area contributed by atoms with Gasteiger partial charge in [-0.2, -0.15) is 10.5 Å². The molecule has 2 nitrogen and oxygen atoms in total. The normalized spacial score (nSPS) is 28.2. The van der Waals surface area contributed by atoms with Crippen molar-refractivity contribution in [2.45, 2.75) is 70.1 Å². The van der Waals surface area contributed by atoms with E-state index in [0.29, 0.717) is 5.92 Å². The molecule has 2 saturated carbocycles. The Kier molecular flexibility index (Phi) is 7.93. The third-order valence-corrected chi connectivity index (χ3v) is 6.76. The lowest BCUT2D eigenvalue weighted by Crippen LogP contribution is -2.14. The van der Waals surface area contributed by atoms with Crippen molar-refractivity contribution in [3.05, 3.63) is 59.7 Å². The van der Waals surface area contributed by atoms with Crippen LogP contribution in [0.4, 0.5) is 0 Å². The van der Waals surface area contributed by atoms with Gasteiger partial charge in [-0.15, -0.1) is 0 Å². The molecule has 0 saturated heterocycles. The summed E-state index contributed by atoms with van der Waals surface area (Å²) in [5, 5.41) is 17.5. The minimum absolute atomic E-state index is 0.669. The average Bonchev–Trinajstić information content (AvgIpc) is 2.76. The Labute approximate surface area is 170 Å². The molecule has 0 atom stereocenters. The Morgan fingerprint density at radius 3 is 2.00 bits per heavy atom. The number of allylic oxidation sites excluding steroid dienone is 4. The highest BCUT2D eigenvalue weighted by Gasteiger charge is 2.22. The molecule has 28 heavy (non-hydrogen) atoms. The van der Waals surface area contributed by atoms with Gasteiger partial charge in [-0.3, -0.25) is 0 Å². The van der Waals surface area contributed by atoms with Gasteiger partial charge >= 0.3 is 0 Å². The quantitative estimate of drug-likeness (QED) is 0.396. The molecule has 1 aromatic carbocycles. The van der Waals surface area contributed by atoms with Crippen LogP contribution in [0, 0.1) is 40.4 Å². The molecule has 2 aliphatic carbocycles. The summed E-state index contributed by atoms with van der Waals surface area (Å²) in [4.78, 5) is 0. The molecule has 1 aromatic rings. The van der Waals surface area contributed by atoms with Crippen molar-refractivity contribution in [3.8, 4) is 12.1 Å². The van der Waals surface area contributed by atoms with E-state index >= 15 is 0 Å². The molecule has 2 heteroatoms. The standard InChI is InChI=1S/C26H32N2/c27-19-3-1-2-4-21-5-7-22(8-6-21)9-10-23-11-15-25(16-12-23)26-17-13-24(20-28)14-18-26/h1,3,9-10,13-14,17-18,21-23,25H,2,4-8,11-12,15-16H2/b3-1?,10-9+. The van der Waals surface area contributed by atoms with E-state index in [2.05, 4.69) is 36.4 Å². The summed E-state index contributed by atoms with van der Waals surface area (Å²) in [5.74, 6) is 3.06. The second-order valence-electron chi connectivity index (χ2n) is 8.62. The first-order valence-electron chi connectivity index (χ1n) is 11.0. The zero-order chi connectivity index (χ0) is 19.6. The van der Waals surface area contributed by atoms with E-state index in [1.807, 2.05) is 18.2 Å². The molecule has 0 unspecified atom stereocenters. The molecular formula is C26H32N2. The summed E-state index contributed by atoms with van der Waals surface area (Å²) in [6.07, 6.45) is 21.5. The first-order valence-corrected chi connectivity index (χ1v) is 11.0. The molecule has 0 heterocycles. The van der Waals surface area contributed by atoms with Crippen LogP contribution in [0.15, 0.2) is 48.6 Å². The topological polar surface area (TPSA) is 47.6 Å². The Bertz CT molecular complexity index is 728. The minimum Gasteiger partial charge on any atom is -0.193 e. The largest absolute Gasteiger partial charge is 0.193 e. The van der Waals surface area contributed by atoms with Crippen LogP contribution in [-0.2, 0) is 0 Å². The predicted molar refractivity (Wildman–Crippen MR) is 114 cm³/mol. The van der Waals surface area contributed by atoms with Gasteiger partial charge < -0.3 is 0 Å². The number of hydrogen-bond acceptors (Lipinski definition) is 2. The van der Waals surface area contributed by atoms with Gasteiger partial charge in [-0.1, -0.05) is 30.4 Å². The Morgan fingerprint density at radius 2 is 1.43 bits per heavy atom. The molecule has 0 aromatic heterocycles. The minimum atomic E-state index is 0.669. The van der Waals surface area contributed by atoms with Crippen LogP contribution < -0.4 is 0 Å². The zero-order valence-electron chi connectivity index (χ0n) is 16.9. The average molecular weight is 373 g/mol. The van der Waals surface area contributed by atoms with Gasteiger partial charge in [0.2, 0.25) is 0 Å². The highest BCUT2D eigenvalue weighted by molar-refractivity contribution is 5.33. The smallest absolute Gasteiger partial charge is 0.0991 e. The summed E-state index contributed by atoms with van der Waals surface area (Å²) < 4.78 is 0. The summed E-state index contributed by atoms with van der Waals surface area (Å²) in [7, 11) is 0. The Hall–Kier alpha value is -2.32. The number of hydrogen-bond donors (Lipinski definition) is 0. The molecular weight excluding hydrogens is 340 g/mol. The van der Waals surface area contributed by atoms with E-state index < -0.39 is 0 Å². The molecule has 0 bridgehead atoms. The van der Waals surface area contributed by atoms with E-state index in [-0.39, 0.29) is 0 Å². The molecule has 2 fully saturated rings. The molecule has 2 aliphatic rings. The van der Waals surface area contributed by atoms with Gasteiger partial charge in [0.25, 0.3) is 0 Å². The molecule has 0 aliphatic heterocycles. The fourth-order valence-corrected chi connectivity index (χ4v) is 4.93. The molecule has 146 valence electrons. The van der Waals surface area contributed by atoms with Crippen LogP contribution in [0.5, 0.6) is 0 Å². The van der Waals surface area contributed by atoms with Crippen LogP contribution >= 0.6 is 0 Å². The molecule has 0 radical (unpaired) electrons. The summed E-state index contributed by atoms with van der Waals surface area (Å²) in [5.41, 5.74) is 2.16. The van der Waals surface area contributed by atoms with Crippen LogP contribution in [0.1, 0.15) is 81.3 Å². The van der Waals surface area contributed by atoms with Gasteiger partial charge in [0, 0.05) is 6.08 Å². The lowest BCUT2D eigenvalue weighted by Gasteiger charge is -2.29. The van der Waals surface area contributed by atoms with Crippen molar-refractivity contribution < 1.29 is 0 Å². The number of rotatable bonds is 6. The van der Waals surface area contributed by atoms with Crippen LogP contribution in [0.2, 0.25) is 0 Å². The third kappa shape index (κ3) is 6.10. The van der Waals surface area contributed by atoms with Gasteiger partial charge in [0.15, 0.2) is 0 Å². The Morgan fingerprint density at radius 1 is 0.821 bits per heavy atom. The maximum atomic E-state index is 8.94. The van der Waals surface area contributed by atoms with Crippen molar-refractivity contribution in [1.82, 2.24) is 0 Å². The first kappa shape index (κ1) is 20.4. The highest BCUT2D eigenvalue weighted by atomic mass is 14.3. The maximum absolute atomic E-state index is 8.94. The van der Waals surface area contributed by atoms with Crippen molar-refractivity contribution in [2.75, 3.05) is 0 Å². The molecule has 0 spiro atoms. The summed E-state index contributed by atoms with van der Waals surface area (Å²) in [6, 6.07) is 12.5. The van der Waals surface area contributed by atoms with Crippen molar-refractivity contribution in [1.29, 1.82) is 10.5 Å². The number of benzene rings is 1. The van der Waals surface area contributed by atoms with Crippen LogP contribution in [0.25, 0.3) is 0 Å². The molecule has 0 N–H and O–H groups in total. The first-order chi connectivity index (χ1) is 13.8. The van der Waals surface area contributed by atoms with Crippen molar-refractivity contribution >= 4 is 0 Å². The fraction of sp³-hybridized carbons (Fsp3) is 0.538. The van der Waals surface area contributed by atoms with Gasteiger partial charge in [0.05, 0.1) is 17.7 Å². The monoisotopic (exact) mass is 372 g/mol. The SMILES string of the molecule is N#CC=CCCC1CCC(/C=C/C2CCC(c3ccc(C#N)cc3)CC2)CC1. The number of nitrogens with zero attached hydrogens (tertiary/aromatic N) is 2. The molecule has 0 amide bonds. The van der Waals surface area contributed by atoms with E-state index in [0.717, 1.165) is 29.7 Å². The summed E-state index contributed by atoms with van der Waals surface area (Å²) >= 11 is 0. The van der Waals surface area contributed by atoms with Gasteiger partial charge in [-0.05, 0) is 106 Å². The lowest BCUT2D eigenvalue weighted by molar-refractivity contribution is 0.295. The van der Waals surface area contributed by atoms with E-state index in [9.17, 15) is 0 Å². The van der Waals surface area contributed by atoms with Gasteiger partial charge in [0.1, 0.15) is 0 Å². The van der Waals surface area contributed by atoms with Crippen LogP contribution in [0.3, 0.4) is 0 Å². The second-order valence-corrected chi connectivity index (χ2v) is 8.62. The maximum Gasteiger partial charge on any atom is 0.0991 e. The Balaban J connectivity index is 1.37. The predicted octanol–water partition coefficient (Wildman–Crippen LogP) is 7.05.